The largest absolute Gasteiger partial charge is 0.425 e. The van der Waals surface area contributed by atoms with Gasteiger partial charge in [0.15, 0.2) is 0 Å². The fourth-order valence-electron chi connectivity index (χ4n) is 3.12. The molecule has 0 aliphatic carbocycles. The van der Waals surface area contributed by atoms with E-state index in [1.54, 1.807) is 24.3 Å². The lowest BCUT2D eigenvalue weighted by atomic mass is 10.0. The lowest BCUT2D eigenvalue weighted by Crippen LogP contribution is -2.40. The highest BCUT2D eigenvalue weighted by molar-refractivity contribution is 7.89. The number of nitrogens with one attached hydrogen (secondary N) is 1. The molecule has 2 aromatic carbocycles. The normalized spacial score (nSPS) is 12.6. The molecule has 164 valence electrons. The minimum atomic E-state index is -3.88. The van der Waals surface area contributed by atoms with Crippen LogP contribution in [0.5, 0.6) is 5.75 Å². The maximum absolute atomic E-state index is 12.5. The Kier molecular flexibility index (Phi) is 6.92. The molecule has 1 atom stereocenters. The van der Waals surface area contributed by atoms with Crippen molar-refractivity contribution in [3.63, 3.8) is 0 Å². The molecule has 0 bridgehead atoms. The van der Waals surface area contributed by atoms with Crippen LogP contribution in [0.1, 0.15) is 37.8 Å². The van der Waals surface area contributed by atoms with Gasteiger partial charge >= 0.3 is 11.6 Å². The van der Waals surface area contributed by atoms with E-state index in [-0.39, 0.29) is 10.6 Å². The van der Waals surface area contributed by atoms with Crippen molar-refractivity contribution in [1.82, 2.24) is 4.72 Å². The van der Waals surface area contributed by atoms with Crippen molar-refractivity contribution >= 4 is 27.0 Å². The first-order chi connectivity index (χ1) is 14.7. The van der Waals surface area contributed by atoms with Gasteiger partial charge in [-0.05, 0) is 56.5 Å². The predicted octanol–water partition coefficient (Wildman–Crippen LogP) is 3.72. The number of unbranched alkanes of at least 4 members (excludes halogenated alkanes) is 1. The van der Waals surface area contributed by atoms with E-state index >= 15 is 0 Å². The first-order valence-corrected chi connectivity index (χ1v) is 11.6. The summed E-state index contributed by atoms with van der Waals surface area (Å²) in [5.74, 6) is -0.616. The fourth-order valence-corrected chi connectivity index (χ4v) is 4.31. The van der Waals surface area contributed by atoms with Crippen molar-refractivity contribution in [3.05, 3.63) is 70.1 Å². The van der Waals surface area contributed by atoms with Crippen molar-refractivity contribution in [2.24, 2.45) is 0 Å². The number of carbonyl (C=O) groups excluding carboxylic acids is 1. The zero-order chi connectivity index (χ0) is 22.6. The summed E-state index contributed by atoms with van der Waals surface area (Å²) in [6, 6.07) is 11.4. The number of aryl methyl sites for hydroxylation is 2. The summed E-state index contributed by atoms with van der Waals surface area (Å²) in [7, 11) is -3.88. The molecule has 0 saturated heterocycles. The molecule has 0 aliphatic rings. The van der Waals surface area contributed by atoms with E-state index in [2.05, 4.69) is 11.6 Å². The smallest absolute Gasteiger partial charge is 0.336 e. The molecular formula is C23H25NO6S. The highest BCUT2D eigenvalue weighted by Gasteiger charge is 2.23. The molecule has 1 heterocycles. The van der Waals surface area contributed by atoms with Crippen LogP contribution in [0, 0.1) is 6.92 Å². The summed E-state index contributed by atoms with van der Waals surface area (Å²) >= 11 is 0. The van der Waals surface area contributed by atoms with E-state index in [0.717, 1.165) is 35.8 Å². The minimum absolute atomic E-state index is 0.0600. The molecule has 0 amide bonds. The van der Waals surface area contributed by atoms with Crippen molar-refractivity contribution < 1.29 is 22.4 Å². The first kappa shape index (κ1) is 22.7. The molecule has 31 heavy (non-hydrogen) atoms. The average molecular weight is 444 g/mol. The van der Waals surface area contributed by atoms with Crippen LogP contribution in [0.2, 0.25) is 0 Å². The zero-order valence-corrected chi connectivity index (χ0v) is 18.5. The molecule has 7 nitrogen and oxygen atoms in total. The number of ether oxygens (including phenoxy) is 1. The second-order valence-corrected chi connectivity index (χ2v) is 9.14. The third kappa shape index (κ3) is 5.59. The standard InChI is InChI=1S/C23H25NO6S/c1-4-5-6-17-13-22(25)30-21-14-18(9-12-20(17)21)29-23(26)16(3)24-31(27,28)19-10-7-15(2)8-11-19/h7-14,16,24H,4-6H2,1-3H3/t16-/m0/s1. The maximum Gasteiger partial charge on any atom is 0.336 e. The summed E-state index contributed by atoms with van der Waals surface area (Å²) in [5.41, 5.74) is 1.65. The van der Waals surface area contributed by atoms with E-state index in [0.29, 0.717) is 5.58 Å². The molecule has 0 saturated carbocycles. The molecular weight excluding hydrogens is 418 g/mol. The average Bonchev–Trinajstić information content (AvgIpc) is 2.71. The van der Waals surface area contributed by atoms with E-state index in [1.165, 1.54) is 31.2 Å². The van der Waals surface area contributed by atoms with Crippen LogP contribution in [-0.2, 0) is 21.2 Å². The van der Waals surface area contributed by atoms with Crippen LogP contribution in [-0.4, -0.2) is 20.4 Å². The van der Waals surface area contributed by atoms with Gasteiger partial charge in [-0.3, -0.25) is 0 Å². The van der Waals surface area contributed by atoms with Crippen LogP contribution < -0.4 is 15.1 Å². The topological polar surface area (TPSA) is 103 Å². The Morgan fingerprint density at radius 1 is 1.13 bits per heavy atom. The fraction of sp³-hybridized carbons (Fsp3) is 0.304. The Morgan fingerprint density at radius 2 is 1.84 bits per heavy atom. The van der Waals surface area contributed by atoms with Crippen LogP contribution in [0.15, 0.2) is 62.6 Å². The Morgan fingerprint density at radius 3 is 2.52 bits per heavy atom. The van der Waals surface area contributed by atoms with E-state index in [9.17, 15) is 18.0 Å². The molecule has 1 aromatic heterocycles. The maximum atomic E-state index is 12.5. The summed E-state index contributed by atoms with van der Waals surface area (Å²) in [4.78, 5) is 24.4. The molecule has 0 aliphatic heterocycles. The Labute approximate surface area is 181 Å². The number of hydrogen-bond donors (Lipinski definition) is 1. The van der Waals surface area contributed by atoms with E-state index < -0.39 is 27.7 Å². The monoisotopic (exact) mass is 443 g/mol. The van der Waals surface area contributed by atoms with Gasteiger partial charge in [0.05, 0.1) is 4.90 Å². The van der Waals surface area contributed by atoms with Crippen LogP contribution in [0.3, 0.4) is 0 Å². The lowest BCUT2D eigenvalue weighted by Gasteiger charge is -2.14. The molecule has 3 rings (SSSR count). The van der Waals surface area contributed by atoms with Gasteiger partial charge in [-0.15, -0.1) is 0 Å². The van der Waals surface area contributed by atoms with Crippen LogP contribution in [0.4, 0.5) is 0 Å². The molecule has 0 spiro atoms. The van der Waals surface area contributed by atoms with Crippen LogP contribution >= 0.6 is 0 Å². The Balaban J connectivity index is 1.76. The van der Waals surface area contributed by atoms with Crippen LogP contribution in [0.25, 0.3) is 11.0 Å². The summed E-state index contributed by atoms with van der Waals surface area (Å²) < 4.78 is 37.8. The van der Waals surface area contributed by atoms with E-state index in [4.69, 9.17) is 9.15 Å². The van der Waals surface area contributed by atoms with Gasteiger partial charge in [0.25, 0.3) is 0 Å². The first-order valence-electron chi connectivity index (χ1n) is 10.1. The number of carbonyl (C=O) groups is 1. The number of benzene rings is 2. The number of fused-ring (bicyclic) bond motifs is 1. The van der Waals surface area contributed by atoms with Gasteiger partial charge in [0, 0.05) is 17.5 Å². The number of hydrogen-bond acceptors (Lipinski definition) is 6. The molecule has 1 N–H and O–H groups in total. The number of sulfonamides is 1. The highest BCUT2D eigenvalue weighted by Crippen LogP contribution is 2.24. The molecule has 3 aromatic rings. The Bertz CT molecular complexity index is 1250. The summed E-state index contributed by atoms with van der Waals surface area (Å²) in [5, 5.41) is 0.779. The van der Waals surface area contributed by atoms with Crippen molar-refractivity contribution in [3.8, 4) is 5.75 Å². The Hall–Kier alpha value is -2.97. The van der Waals surface area contributed by atoms with Crippen molar-refractivity contribution in [1.29, 1.82) is 0 Å². The second kappa shape index (κ2) is 9.45. The van der Waals surface area contributed by atoms with Gasteiger partial charge in [-0.1, -0.05) is 31.0 Å². The van der Waals surface area contributed by atoms with Crippen molar-refractivity contribution in [2.75, 3.05) is 0 Å². The molecule has 0 unspecified atom stereocenters. The highest BCUT2D eigenvalue weighted by atomic mass is 32.2. The summed E-state index contributed by atoms with van der Waals surface area (Å²) in [6.45, 7) is 5.32. The third-order valence-corrected chi connectivity index (χ3v) is 6.39. The minimum Gasteiger partial charge on any atom is -0.425 e. The van der Waals surface area contributed by atoms with Crippen molar-refractivity contribution in [2.45, 2.75) is 51.0 Å². The molecule has 0 fully saturated rings. The third-order valence-electron chi connectivity index (χ3n) is 4.84. The molecule has 8 heteroatoms. The van der Waals surface area contributed by atoms with Gasteiger partial charge < -0.3 is 9.15 Å². The zero-order valence-electron chi connectivity index (χ0n) is 17.7. The lowest BCUT2D eigenvalue weighted by molar-refractivity contribution is -0.135. The predicted molar refractivity (Wildman–Crippen MR) is 118 cm³/mol. The van der Waals surface area contributed by atoms with E-state index in [1.807, 2.05) is 6.92 Å². The van der Waals surface area contributed by atoms with Gasteiger partial charge in [-0.2, -0.15) is 4.72 Å². The number of esters is 1. The second-order valence-electron chi connectivity index (χ2n) is 7.43. The molecule has 0 radical (unpaired) electrons. The SMILES string of the molecule is CCCCc1cc(=O)oc2cc(OC(=O)[C@H](C)NS(=O)(=O)c3ccc(C)cc3)ccc12. The quantitative estimate of drug-likeness (QED) is 0.323. The summed E-state index contributed by atoms with van der Waals surface area (Å²) in [6.07, 6.45) is 2.68. The van der Waals surface area contributed by atoms with Gasteiger partial charge in [0.2, 0.25) is 10.0 Å². The van der Waals surface area contributed by atoms with Gasteiger partial charge in [0.1, 0.15) is 17.4 Å². The van der Waals surface area contributed by atoms with Gasteiger partial charge in [-0.25, -0.2) is 18.0 Å². The number of rotatable bonds is 8.